The molecule has 3 rings (SSSR count). The zero-order valence-corrected chi connectivity index (χ0v) is 19.6. The first-order valence-corrected chi connectivity index (χ1v) is 12.3. The van der Waals surface area contributed by atoms with E-state index in [0.29, 0.717) is 13.1 Å². The van der Waals surface area contributed by atoms with Gasteiger partial charge < -0.3 is 10.2 Å². The van der Waals surface area contributed by atoms with E-state index in [4.69, 9.17) is 0 Å². The Morgan fingerprint density at radius 2 is 1.75 bits per heavy atom. The second kappa shape index (κ2) is 10.3. The molecule has 1 aliphatic heterocycles. The molecule has 2 amide bonds. The molecule has 1 aliphatic rings. The third-order valence-electron chi connectivity index (χ3n) is 5.89. The van der Waals surface area contributed by atoms with Gasteiger partial charge in [0.2, 0.25) is 21.8 Å². The Bertz CT molecular complexity index is 1040. The lowest BCUT2D eigenvalue weighted by atomic mass is 10.1. The van der Waals surface area contributed by atoms with Crippen molar-refractivity contribution in [3.05, 3.63) is 65.7 Å². The Balaban J connectivity index is 1.51. The quantitative estimate of drug-likeness (QED) is 0.627. The number of benzene rings is 2. The number of nitrogens with one attached hydrogen (secondary N) is 1. The van der Waals surface area contributed by atoms with E-state index in [9.17, 15) is 18.0 Å². The fourth-order valence-corrected chi connectivity index (χ4v) is 5.00. The summed E-state index contributed by atoms with van der Waals surface area (Å²) in [5, 5.41) is 2.88. The third kappa shape index (κ3) is 5.75. The maximum Gasteiger partial charge on any atom is 0.243 e. The van der Waals surface area contributed by atoms with Crippen LogP contribution in [0, 0.1) is 5.92 Å². The molecule has 2 aromatic rings. The van der Waals surface area contributed by atoms with E-state index in [1.165, 1.54) is 9.87 Å². The molecule has 1 unspecified atom stereocenters. The van der Waals surface area contributed by atoms with Crippen LogP contribution in [0.3, 0.4) is 0 Å². The topological polar surface area (TPSA) is 86.8 Å². The average Bonchev–Trinajstić information content (AvgIpc) is 3.17. The number of carbonyl (C=O) groups is 2. The van der Waals surface area contributed by atoms with E-state index in [-0.39, 0.29) is 41.6 Å². The van der Waals surface area contributed by atoms with Gasteiger partial charge in [-0.2, -0.15) is 4.31 Å². The maximum absolute atomic E-state index is 12.6. The van der Waals surface area contributed by atoms with Crippen molar-refractivity contribution in [3.8, 4) is 0 Å². The molecule has 1 N–H and O–H groups in total. The Morgan fingerprint density at radius 3 is 2.38 bits per heavy atom. The van der Waals surface area contributed by atoms with E-state index in [2.05, 4.69) is 5.32 Å². The summed E-state index contributed by atoms with van der Waals surface area (Å²) in [6.07, 6.45) is 0.988. The minimum absolute atomic E-state index is 0.00455. The van der Waals surface area contributed by atoms with Crippen molar-refractivity contribution in [2.24, 2.45) is 5.92 Å². The lowest BCUT2D eigenvalue weighted by molar-refractivity contribution is -0.129. The van der Waals surface area contributed by atoms with Crippen LogP contribution in [0.4, 0.5) is 0 Å². The average molecular weight is 458 g/mol. The molecule has 7 nitrogen and oxygen atoms in total. The number of amides is 2. The smallest absolute Gasteiger partial charge is 0.243 e. The van der Waals surface area contributed by atoms with E-state index in [1.54, 1.807) is 36.2 Å². The number of likely N-dealkylation sites (tertiary alicyclic amines) is 1. The molecular formula is C24H31N3O4S. The van der Waals surface area contributed by atoms with Crippen LogP contribution in [0.25, 0.3) is 0 Å². The molecule has 32 heavy (non-hydrogen) atoms. The molecule has 1 atom stereocenters. The van der Waals surface area contributed by atoms with Crippen molar-refractivity contribution >= 4 is 21.8 Å². The number of carbonyl (C=O) groups excluding carboxylic acids is 2. The summed E-state index contributed by atoms with van der Waals surface area (Å²) in [6.45, 7) is 4.95. The molecule has 0 aromatic heterocycles. The second-order valence-corrected chi connectivity index (χ2v) is 10.5. The van der Waals surface area contributed by atoms with Crippen LogP contribution in [0.1, 0.15) is 31.4 Å². The van der Waals surface area contributed by atoms with Gasteiger partial charge in [0.1, 0.15) is 0 Å². The van der Waals surface area contributed by atoms with E-state index >= 15 is 0 Å². The summed E-state index contributed by atoms with van der Waals surface area (Å²) in [4.78, 5) is 26.9. The number of nitrogens with zero attached hydrogens (tertiary/aromatic N) is 2. The Labute approximate surface area is 190 Å². The van der Waals surface area contributed by atoms with Gasteiger partial charge in [-0.1, -0.05) is 42.5 Å². The highest BCUT2D eigenvalue weighted by Crippen LogP contribution is 2.20. The van der Waals surface area contributed by atoms with Crippen LogP contribution >= 0.6 is 0 Å². The van der Waals surface area contributed by atoms with E-state index < -0.39 is 10.0 Å². The fraction of sp³-hybridized carbons (Fsp3) is 0.417. The highest BCUT2D eigenvalue weighted by Gasteiger charge is 2.33. The van der Waals surface area contributed by atoms with Crippen molar-refractivity contribution < 1.29 is 18.0 Å². The largest absolute Gasteiger partial charge is 0.352 e. The van der Waals surface area contributed by atoms with Crippen molar-refractivity contribution in [1.29, 1.82) is 0 Å². The van der Waals surface area contributed by atoms with Gasteiger partial charge >= 0.3 is 0 Å². The highest BCUT2D eigenvalue weighted by molar-refractivity contribution is 7.89. The molecule has 2 aromatic carbocycles. The minimum atomic E-state index is -3.53. The minimum Gasteiger partial charge on any atom is -0.352 e. The zero-order valence-electron chi connectivity index (χ0n) is 18.8. The van der Waals surface area contributed by atoms with Gasteiger partial charge in [0.25, 0.3) is 0 Å². The Hall–Kier alpha value is -2.71. The molecule has 1 saturated heterocycles. The van der Waals surface area contributed by atoms with Crippen LogP contribution in [-0.4, -0.2) is 55.6 Å². The molecule has 1 fully saturated rings. The summed E-state index contributed by atoms with van der Waals surface area (Å²) in [7, 11) is -1.98. The first-order valence-electron chi connectivity index (χ1n) is 10.8. The predicted molar refractivity (Wildman–Crippen MR) is 123 cm³/mol. The summed E-state index contributed by atoms with van der Waals surface area (Å²) >= 11 is 0. The normalized spacial score (nSPS) is 16.7. The van der Waals surface area contributed by atoms with Crippen molar-refractivity contribution in [1.82, 2.24) is 14.5 Å². The van der Waals surface area contributed by atoms with Crippen LogP contribution in [0.5, 0.6) is 0 Å². The summed E-state index contributed by atoms with van der Waals surface area (Å²) < 4.78 is 26.4. The van der Waals surface area contributed by atoms with Crippen LogP contribution < -0.4 is 5.32 Å². The first kappa shape index (κ1) is 23.9. The van der Waals surface area contributed by atoms with Crippen LogP contribution in [0.2, 0.25) is 0 Å². The lowest BCUT2D eigenvalue weighted by Crippen LogP contribution is -2.33. The Kier molecular flexibility index (Phi) is 7.69. The molecule has 0 bridgehead atoms. The van der Waals surface area contributed by atoms with Gasteiger partial charge in [-0.25, -0.2) is 8.42 Å². The van der Waals surface area contributed by atoms with Crippen molar-refractivity contribution in [2.45, 2.75) is 44.2 Å². The molecule has 8 heteroatoms. The van der Waals surface area contributed by atoms with Gasteiger partial charge in [-0.15, -0.1) is 0 Å². The van der Waals surface area contributed by atoms with Crippen molar-refractivity contribution in [3.63, 3.8) is 0 Å². The first-order chi connectivity index (χ1) is 15.2. The zero-order chi connectivity index (χ0) is 23.3. The highest BCUT2D eigenvalue weighted by atomic mass is 32.2. The number of hydrogen-bond acceptors (Lipinski definition) is 4. The van der Waals surface area contributed by atoms with Crippen molar-refractivity contribution in [2.75, 3.05) is 20.1 Å². The molecule has 0 spiro atoms. The molecule has 1 heterocycles. The second-order valence-electron chi connectivity index (χ2n) is 8.45. The molecule has 172 valence electrons. The number of hydrogen-bond donors (Lipinski definition) is 1. The van der Waals surface area contributed by atoms with Gasteiger partial charge in [-0.3, -0.25) is 9.59 Å². The summed E-state index contributed by atoms with van der Waals surface area (Å²) in [5.41, 5.74) is 1.97. The monoisotopic (exact) mass is 457 g/mol. The van der Waals surface area contributed by atoms with E-state index in [0.717, 1.165) is 12.0 Å². The van der Waals surface area contributed by atoms with Crippen LogP contribution in [-0.2, 0) is 32.6 Å². The maximum atomic E-state index is 12.6. The van der Waals surface area contributed by atoms with Gasteiger partial charge in [-0.05, 0) is 43.5 Å². The lowest BCUT2D eigenvalue weighted by Gasteiger charge is -2.21. The summed E-state index contributed by atoms with van der Waals surface area (Å²) in [5.74, 6) is -0.515. The predicted octanol–water partition coefficient (Wildman–Crippen LogP) is 2.42. The Morgan fingerprint density at radius 1 is 1.09 bits per heavy atom. The summed E-state index contributed by atoms with van der Waals surface area (Å²) in [6, 6.07) is 16.3. The van der Waals surface area contributed by atoms with Gasteiger partial charge in [0.05, 0.1) is 10.8 Å². The fourth-order valence-electron chi connectivity index (χ4n) is 3.63. The van der Waals surface area contributed by atoms with Gasteiger partial charge in [0.15, 0.2) is 0 Å². The number of rotatable bonds is 9. The van der Waals surface area contributed by atoms with Crippen LogP contribution in [0.15, 0.2) is 59.5 Å². The third-order valence-corrected chi connectivity index (χ3v) is 7.94. The molecule has 0 saturated carbocycles. The number of sulfonamides is 1. The van der Waals surface area contributed by atoms with Gasteiger partial charge in [0, 0.05) is 39.1 Å². The molecule has 0 radical (unpaired) electrons. The molecule has 0 aliphatic carbocycles. The van der Waals surface area contributed by atoms with E-state index in [1.807, 2.05) is 44.2 Å². The molecular weight excluding hydrogens is 426 g/mol. The SMILES string of the molecule is CC(C)N(C)S(=O)(=O)c1ccc(CNC(=O)C2CC(=O)N(CCc3ccccc3)C2)cc1. The standard InChI is InChI=1S/C24H31N3O4S/c1-18(2)26(3)32(30,31)22-11-9-20(10-12-22)16-25-24(29)21-15-23(28)27(17-21)14-13-19-7-5-4-6-8-19/h4-12,18,21H,13-17H2,1-3H3,(H,25,29).